The molecule has 130 valence electrons. The fraction of sp³-hybridized carbons (Fsp3) is 0.350. The van der Waals surface area contributed by atoms with Crippen LogP contribution in [0.15, 0.2) is 48.7 Å². The average molecular weight is 337 g/mol. The molecule has 1 aromatic heterocycles. The second-order valence-corrected chi connectivity index (χ2v) is 6.25. The first-order valence-electron chi connectivity index (χ1n) is 8.77. The van der Waals surface area contributed by atoms with Gasteiger partial charge in [0.05, 0.1) is 0 Å². The summed E-state index contributed by atoms with van der Waals surface area (Å²) >= 11 is 0. The Morgan fingerprint density at radius 1 is 0.920 bits per heavy atom. The molecule has 0 unspecified atom stereocenters. The number of pyridine rings is 1. The first-order valence-corrected chi connectivity index (χ1v) is 8.77. The molecule has 1 aliphatic rings. The summed E-state index contributed by atoms with van der Waals surface area (Å²) in [5.74, 6) is -0.0374. The SMILES string of the molecule is CCCc1ccc(C(=O)N2CCN(C(=O)c3ccccn3)CC2)cc1. The van der Waals surface area contributed by atoms with Crippen LogP contribution >= 0.6 is 0 Å². The molecular formula is C20H23N3O2. The normalized spacial score (nSPS) is 14.4. The van der Waals surface area contributed by atoms with Crippen LogP contribution < -0.4 is 0 Å². The Morgan fingerprint density at radius 2 is 1.56 bits per heavy atom. The molecule has 2 amide bonds. The lowest BCUT2D eigenvalue weighted by molar-refractivity contribution is 0.0532. The van der Waals surface area contributed by atoms with E-state index in [1.165, 1.54) is 5.56 Å². The van der Waals surface area contributed by atoms with E-state index in [4.69, 9.17) is 0 Å². The third kappa shape index (κ3) is 4.05. The molecule has 0 N–H and O–H groups in total. The summed E-state index contributed by atoms with van der Waals surface area (Å²) in [6, 6.07) is 13.2. The van der Waals surface area contributed by atoms with E-state index in [2.05, 4.69) is 11.9 Å². The minimum absolute atomic E-state index is 0.0352. The fourth-order valence-corrected chi connectivity index (χ4v) is 3.05. The fourth-order valence-electron chi connectivity index (χ4n) is 3.05. The summed E-state index contributed by atoms with van der Waals surface area (Å²) in [5, 5.41) is 0. The Kier molecular flexibility index (Phi) is 5.43. The maximum Gasteiger partial charge on any atom is 0.272 e. The van der Waals surface area contributed by atoms with Crippen molar-refractivity contribution in [3.05, 3.63) is 65.5 Å². The highest BCUT2D eigenvalue weighted by molar-refractivity contribution is 5.95. The molecule has 3 rings (SSSR count). The van der Waals surface area contributed by atoms with Crippen molar-refractivity contribution in [3.8, 4) is 0 Å². The number of aromatic nitrogens is 1. The molecule has 2 aromatic rings. The van der Waals surface area contributed by atoms with Crippen LogP contribution in [0.25, 0.3) is 0 Å². The van der Waals surface area contributed by atoms with E-state index in [9.17, 15) is 9.59 Å². The Hall–Kier alpha value is -2.69. The van der Waals surface area contributed by atoms with E-state index in [-0.39, 0.29) is 11.8 Å². The largest absolute Gasteiger partial charge is 0.335 e. The minimum atomic E-state index is -0.0726. The van der Waals surface area contributed by atoms with Crippen molar-refractivity contribution in [2.45, 2.75) is 19.8 Å². The van der Waals surface area contributed by atoms with Crippen LogP contribution in [0, 0.1) is 0 Å². The quantitative estimate of drug-likeness (QED) is 0.862. The molecule has 0 atom stereocenters. The van der Waals surface area contributed by atoms with Gasteiger partial charge < -0.3 is 9.80 Å². The number of carbonyl (C=O) groups is 2. The summed E-state index contributed by atoms with van der Waals surface area (Å²) in [6.45, 7) is 4.32. The lowest BCUT2D eigenvalue weighted by Gasteiger charge is -2.34. The van der Waals surface area contributed by atoms with Gasteiger partial charge >= 0.3 is 0 Å². The average Bonchev–Trinajstić information content (AvgIpc) is 2.68. The molecule has 5 heteroatoms. The van der Waals surface area contributed by atoms with Crippen molar-refractivity contribution < 1.29 is 9.59 Å². The van der Waals surface area contributed by atoms with E-state index in [0.717, 1.165) is 12.8 Å². The number of benzene rings is 1. The summed E-state index contributed by atoms with van der Waals surface area (Å²) in [6.07, 6.45) is 3.75. The molecule has 0 bridgehead atoms. The van der Waals surface area contributed by atoms with Crippen molar-refractivity contribution in [3.63, 3.8) is 0 Å². The van der Waals surface area contributed by atoms with E-state index < -0.39 is 0 Å². The van der Waals surface area contributed by atoms with E-state index in [0.29, 0.717) is 37.4 Å². The maximum absolute atomic E-state index is 12.6. The minimum Gasteiger partial charge on any atom is -0.335 e. The van der Waals surface area contributed by atoms with Crippen molar-refractivity contribution in [2.24, 2.45) is 0 Å². The molecule has 1 aliphatic heterocycles. The number of nitrogens with zero attached hydrogens (tertiary/aromatic N) is 3. The first-order chi connectivity index (χ1) is 12.2. The second kappa shape index (κ2) is 7.92. The number of rotatable bonds is 4. The smallest absolute Gasteiger partial charge is 0.272 e. The van der Waals surface area contributed by atoms with Crippen LogP contribution in [0.4, 0.5) is 0 Å². The molecule has 0 aliphatic carbocycles. The van der Waals surface area contributed by atoms with Crippen LogP contribution in [0.2, 0.25) is 0 Å². The highest BCUT2D eigenvalue weighted by atomic mass is 16.2. The topological polar surface area (TPSA) is 53.5 Å². The van der Waals surface area contributed by atoms with Crippen LogP contribution in [0.3, 0.4) is 0 Å². The predicted octanol–water partition coefficient (Wildman–Crippen LogP) is 2.63. The summed E-state index contributed by atoms with van der Waals surface area (Å²) in [4.78, 5) is 32.7. The molecule has 5 nitrogen and oxygen atoms in total. The highest BCUT2D eigenvalue weighted by Crippen LogP contribution is 2.13. The Labute approximate surface area is 148 Å². The van der Waals surface area contributed by atoms with Crippen LogP contribution in [-0.2, 0) is 6.42 Å². The van der Waals surface area contributed by atoms with Gasteiger partial charge in [-0.1, -0.05) is 31.5 Å². The van der Waals surface area contributed by atoms with Gasteiger partial charge in [0, 0.05) is 37.9 Å². The standard InChI is InChI=1S/C20H23N3O2/c1-2-5-16-7-9-17(10-8-16)19(24)22-12-14-23(15-13-22)20(25)18-6-3-4-11-21-18/h3-4,6-11H,2,5,12-15H2,1H3. The van der Waals surface area contributed by atoms with E-state index in [1.807, 2.05) is 35.2 Å². The summed E-state index contributed by atoms with van der Waals surface area (Å²) < 4.78 is 0. The van der Waals surface area contributed by atoms with Gasteiger partial charge in [-0.05, 0) is 36.2 Å². The van der Waals surface area contributed by atoms with Gasteiger partial charge in [-0.3, -0.25) is 14.6 Å². The lowest BCUT2D eigenvalue weighted by Crippen LogP contribution is -2.50. The van der Waals surface area contributed by atoms with Gasteiger partial charge in [-0.2, -0.15) is 0 Å². The lowest BCUT2D eigenvalue weighted by atomic mass is 10.1. The molecule has 25 heavy (non-hydrogen) atoms. The number of aryl methyl sites for hydroxylation is 1. The maximum atomic E-state index is 12.6. The van der Waals surface area contributed by atoms with Crippen molar-refractivity contribution >= 4 is 11.8 Å². The number of amides is 2. The van der Waals surface area contributed by atoms with Gasteiger partial charge in [0.15, 0.2) is 0 Å². The zero-order valence-electron chi connectivity index (χ0n) is 14.5. The van der Waals surface area contributed by atoms with Gasteiger partial charge in [0.2, 0.25) is 0 Å². The summed E-state index contributed by atoms with van der Waals surface area (Å²) in [5.41, 5.74) is 2.42. The zero-order valence-corrected chi connectivity index (χ0v) is 14.5. The third-order valence-electron chi connectivity index (χ3n) is 4.48. The number of hydrogen-bond donors (Lipinski definition) is 0. The van der Waals surface area contributed by atoms with Gasteiger partial charge in [-0.15, -0.1) is 0 Å². The van der Waals surface area contributed by atoms with E-state index in [1.54, 1.807) is 23.2 Å². The molecule has 1 aromatic carbocycles. The van der Waals surface area contributed by atoms with Gasteiger partial charge in [-0.25, -0.2) is 0 Å². The molecule has 0 spiro atoms. The Morgan fingerprint density at radius 3 is 2.12 bits per heavy atom. The van der Waals surface area contributed by atoms with Crippen LogP contribution in [0.5, 0.6) is 0 Å². The molecule has 1 fully saturated rings. The van der Waals surface area contributed by atoms with Crippen molar-refractivity contribution in [1.29, 1.82) is 0 Å². The summed E-state index contributed by atoms with van der Waals surface area (Å²) in [7, 11) is 0. The molecule has 2 heterocycles. The van der Waals surface area contributed by atoms with Crippen molar-refractivity contribution in [1.82, 2.24) is 14.8 Å². The molecule has 0 saturated carbocycles. The molecular weight excluding hydrogens is 314 g/mol. The number of piperazine rings is 1. The molecule has 0 radical (unpaired) electrons. The van der Waals surface area contributed by atoms with Crippen molar-refractivity contribution in [2.75, 3.05) is 26.2 Å². The first kappa shape index (κ1) is 17.1. The van der Waals surface area contributed by atoms with Gasteiger partial charge in [0.1, 0.15) is 5.69 Å². The third-order valence-corrected chi connectivity index (χ3v) is 4.48. The van der Waals surface area contributed by atoms with E-state index >= 15 is 0 Å². The number of hydrogen-bond acceptors (Lipinski definition) is 3. The predicted molar refractivity (Wildman–Crippen MR) is 96.5 cm³/mol. The Balaban J connectivity index is 1.58. The number of carbonyl (C=O) groups excluding carboxylic acids is 2. The monoisotopic (exact) mass is 337 g/mol. The molecule has 1 saturated heterocycles. The second-order valence-electron chi connectivity index (χ2n) is 6.25. The van der Waals surface area contributed by atoms with Crippen LogP contribution in [-0.4, -0.2) is 52.8 Å². The van der Waals surface area contributed by atoms with Crippen LogP contribution in [0.1, 0.15) is 39.8 Å². The Bertz CT molecular complexity index is 720. The highest BCUT2D eigenvalue weighted by Gasteiger charge is 2.25. The van der Waals surface area contributed by atoms with Gasteiger partial charge in [0.25, 0.3) is 11.8 Å². The zero-order chi connectivity index (χ0) is 17.6.